The van der Waals surface area contributed by atoms with Gasteiger partial charge in [-0.1, -0.05) is 6.92 Å². The van der Waals surface area contributed by atoms with Gasteiger partial charge in [0.2, 0.25) is 0 Å². The first-order valence-electron chi connectivity index (χ1n) is 5.08. The average molecular weight is 229 g/mol. The highest BCUT2D eigenvalue weighted by molar-refractivity contribution is 5.40. The van der Waals surface area contributed by atoms with Crippen LogP contribution in [-0.2, 0) is 0 Å². The minimum atomic E-state index is -2.83. The quantitative estimate of drug-likeness (QED) is 0.767. The Balaban J connectivity index is 2.98. The van der Waals surface area contributed by atoms with Crippen LogP contribution >= 0.6 is 0 Å². The fourth-order valence-electron chi connectivity index (χ4n) is 1.30. The molecule has 0 aromatic heterocycles. The van der Waals surface area contributed by atoms with E-state index in [0.29, 0.717) is 12.4 Å². The van der Waals surface area contributed by atoms with Gasteiger partial charge in [0.05, 0.1) is 6.61 Å². The second-order valence-electron chi connectivity index (χ2n) is 3.45. The van der Waals surface area contributed by atoms with Gasteiger partial charge in [0.15, 0.2) is 0 Å². The van der Waals surface area contributed by atoms with Gasteiger partial charge in [0, 0.05) is 6.07 Å². The smallest absolute Gasteiger partial charge is 0.387 e. The average Bonchev–Trinajstić information content (AvgIpc) is 2.16. The molecule has 1 atom stereocenters. The lowest BCUT2D eigenvalue weighted by Crippen LogP contribution is -2.03. The van der Waals surface area contributed by atoms with Crippen LogP contribution in [0, 0.1) is 6.92 Å². The Bertz CT molecular complexity index is 338. The van der Waals surface area contributed by atoms with E-state index >= 15 is 0 Å². The Morgan fingerprint density at radius 2 is 1.88 bits per heavy atom. The second-order valence-corrected chi connectivity index (χ2v) is 3.45. The molecule has 0 amide bonds. The molecule has 89 valence electrons. The highest BCUT2D eigenvalue weighted by Gasteiger charge is 2.09. The zero-order valence-electron chi connectivity index (χ0n) is 9.37. The number of alkyl halides is 2. The molecule has 0 saturated carbocycles. The monoisotopic (exact) mass is 229 g/mol. The lowest BCUT2D eigenvalue weighted by molar-refractivity contribution is -0.0499. The summed E-state index contributed by atoms with van der Waals surface area (Å²) in [5, 5.41) is 0. The lowest BCUT2D eigenvalue weighted by Gasteiger charge is -2.12. The summed E-state index contributed by atoms with van der Waals surface area (Å²) in [6.07, 6.45) is 0. The van der Waals surface area contributed by atoms with E-state index in [1.54, 1.807) is 12.1 Å². The van der Waals surface area contributed by atoms with Crippen LogP contribution in [0.2, 0.25) is 0 Å². The molecule has 0 bridgehead atoms. The molecule has 1 radical (unpaired) electrons. The Hall–Kier alpha value is -1.32. The molecule has 16 heavy (non-hydrogen) atoms. The third kappa shape index (κ3) is 3.68. The largest absolute Gasteiger partial charge is 0.494 e. The van der Waals surface area contributed by atoms with Gasteiger partial charge in [0.1, 0.15) is 11.5 Å². The maximum absolute atomic E-state index is 12.1. The van der Waals surface area contributed by atoms with E-state index in [4.69, 9.17) is 4.74 Å². The van der Waals surface area contributed by atoms with Crippen molar-refractivity contribution in [3.8, 4) is 11.5 Å². The predicted octanol–water partition coefficient (Wildman–Crippen LogP) is 3.62. The highest BCUT2D eigenvalue weighted by Crippen LogP contribution is 2.28. The van der Waals surface area contributed by atoms with Crippen LogP contribution in [0.15, 0.2) is 18.2 Å². The maximum atomic E-state index is 12.1. The molecular weight excluding hydrogens is 214 g/mol. The normalized spacial score (nSPS) is 10.9. The Morgan fingerprint density at radius 3 is 2.38 bits per heavy atom. The molecule has 4 heteroatoms. The van der Waals surface area contributed by atoms with Crippen molar-refractivity contribution in [1.29, 1.82) is 0 Å². The summed E-state index contributed by atoms with van der Waals surface area (Å²) in [5.41, 5.74) is 0.807. The van der Waals surface area contributed by atoms with Crippen molar-refractivity contribution in [2.45, 2.75) is 26.4 Å². The fourth-order valence-corrected chi connectivity index (χ4v) is 1.30. The van der Waals surface area contributed by atoms with Gasteiger partial charge in [-0.2, -0.15) is 8.78 Å². The summed E-state index contributed by atoms with van der Waals surface area (Å²) in [4.78, 5) is 0. The molecule has 0 aliphatic carbocycles. The van der Waals surface area contributed by atoms with Crippen LogP contribution in [0.25, 0.3) is 0 Å². The van der Waals surface area contributed by atoms with Crippen molar-refractivity contribution < 1.29 is 18.3 Å². The summed E-state index contributed by atoms with van der Waals surface area (Å²) in [7, 11) is 0. The van der Waals surface area contributed by atoms with Gasteiger partial charge in [-0.25, -0.2) is 0 Å². The number of rotatable bonds is 5. The van der Waals surface area contributed by atoms with Gasteiger partial charge in [-0.05, 0) is 37.5 Å². The molecule has 2 nitrogen and oxygen atoms in total. The topological polar surface area (TPSA) is 18.5 Å². The number of hydrogen-bond donors (Lipinski definition) is 0. The van der Waals surface area contributed by atoms with E-state index in [1.165, 1.54) is 6.07 Å². The van der Waals surface area contributed by atoms with Crippen molar-refractivity contribution in [3.63, 3.8) is 0 Å². The lowest BCUT2D eigenvalue weighted by atomic mass is 10.0. The Labute approximate surface area is 94.2 Å². The van der Waals surface area contributed by atoms with Crippen LogP contribution in [0.3, 0.4) is 0 Å². The minimum Gasteiger partial charge on any atom is -0.494 e. The zero-order valence-corrected chi connectivity index (χ0v) is 9.37. The van der Waals surface area contributed by atoms with Crippen molar-refractivity contribution in [1.82, 2.24) is 0 Å². The summed E-state index contributed by atoms with van der Waals surface area (Å²) < 4.78 is 33.8. The molecule has 0 aliphatic rings. The number of ether oxygens (including phenoxy) is 2. The van der Waals surface area contributed by atoms with Crippen molar-refractivity contribution >= 4 is 0 Å². The molecule has 1 aromatic carbocycles. The Kier molecular flexibility index (Phi) is 4.52. The molecule has 1 rings (SSSR count). The molecule has 1 aromatic rings. The van der Waals surface area contributed by atoms with Gasteiger partial charge >= 0.3 is 6.61 Å². The van der Waals surface area contributed by atoms with Gasteiger partial charge < -0.3 is 9.47 Å². The number of benzene rings is 1. The van der Waals surface area contributed by atoms with Gasteiger partial charge in [-0.3, -0.25) is 0 Å². The number of hydrogen-bond acceptors (Lipinski definition) is 2. The molecule has 0 heterocycles. The second kappa shape index (κ2) is 5.68. The van der Waals surface area contributed by atoms with E-state index in [1.807, 2.05) is 13.8 Å². The van der Waals surface area contributed by atoms with Crippen LogP contribution in [-0.4, -0.2) is 13.2 Å². The third-order valence-corrected chi connectivity index (χ3v) is 2.01. The number of halogens is 2. The molecule has 1 unspecified atom stereocenters. The van der Waals surface area contributed by atoms with E-state index in [0.717, 1.165) is 5.56 Å². The minimum absolute atomic E-state index is 0.0135. The summed E-state index contributed by atoms with van der Waals surface area (Å²) >= 11 is 0. The first kappa shape index (κ1) is 12.7. The molecule has 0 fully saturated rings. The first-order chi connectivity index (χ1) is 7.52. The first-order valence-corrected chi connectivity index (χ1v) is 5.08. The highest BCUT2D eigenvalue weighted by atomic mass is 19.3. The molecule has 0 aliphatic heterocycles. The molecule has 0 saturated heterocycles. The Morgan fingerprint density at radius 1 is 1.25 bits per heavy atom. The summed E-state index contributed by atoms with van der Waals surface area (Å²) in [6, 6.07) is 4.77. The predicted molar refractivity (Wildman–Crippen MR) is 58.0 cm³/mol. The third-order valence-electron chi connectivity index (χ3n) is 2.01. The zero-order chi connectivity index (χ0) is 12.1. The van der Waals surface area contributed by atoms with Crippen molar-refractivity contribution in [2.75, 3.05) is 6.61 Å². The van der Waals surface area contributed by atoms with Gasteiger partial charge in [-0.15, -0.1) is 0 Å². The van der Waals surface area contributed by atoms with E-state index in [-0.39, 0.29) is 11.7 Å². The van der Waals surface area contributed by atoms with E-state index in [2.05, 4.69) is 11.7 Å². The van der Waals surface area contributed by atoms with Crippen LogP contribution in [0.4, 0.5) is 8.78 Å². The van der Waals surface area contributed by atoms with E-state index in [9.17, 15) is 8.78 Å². The van der Waals surface area contributed by atoms with Crippen molar-refractivity contribution in [3.05, 3.63) is 30.7 Å². The summed E-state index contributed by atoms with van der Waals surface area (Å²) in [6.45, 7) is 5.18. The van der Waals surface area contributed by atoms with Crippen LogP contribution in [0.1, 0.15) is 25.3 Å². The van der Waals surface area contributed by atoms with Crippen LogP contribution in [0.5, 0.6) is 11.5 Å². The van der Waals surface area contributed by atoms with E-state index < -0.39 is 6.61 Å². The molecular formula is C12H15F2O2. The summed E-state index contributed by atoms with van der Waals surface area (Å²) in [5.74, 6) is 0.609. The molecule has 0 spiro atoms. The maximum Gasteiger partial charge on any atom is 0.387 e. The van der Waals surface area contributed by atoms with Crippen molar-refractivity contribution in [2.24, 2.45) is 0 Å². The standard InChI is InChI=1S/C12H15F2O2/c1-4-15-10-5-9(8(2)3)6-11(7-10)16-12(13)14/h5-8,12H,2,4H2,1,3H3. The SMILES string of the molecule is [CH2]C(C)c1cc(OCC)cc(OC(F)F)c1. The van der Waals surface area contributed by atoms with Crippen LogP contribution < -0.4 is 9.47 Å². The molecule has 0 N–H and O–H groups in total. The fraction of sp³-hybridized carbons (Fsp3) is 0.417. The van der Waals surface area contributed by atoms with Gasteiger partial charge in [0.25, 0.3) is 0 Å².